The van der Waals surface area contributed by atoms with Gasteiger partial charge in [0, 0.05) is 6.21 Å². The SMILES string of the molecule is CCOc1cc(/C=N\S(=O)(=O)c2ccc(C)cc2)ccc1OC(C)C. The van der Waals surface area contributed by atoms with Gasteiger partial charge in [-0.2, -0.15) is 12.8 Å². The molecule has 0 heterocycles. The molecule has 0 amide bonds. The molecule has 0 bridgehead atoms. The van der Waals surface area contributed by atoms with Crippen molar-refractivity contribution in [2.75, 3.05) is 6.61 Å². The van der Waals surface area contributed by atoms with Crippen LogP contribution in [0, 0.1) is 6.92 Å². The fraction of sp³-hybridized carbons (Fsp3) is 0.316. The first-order valence-electron chi connectivity index (χ1n) is 8.12. The largest absolute Gasteiger partial charge is 0.490 e. The van der Waals surface area contributed by atoms with Gasteiger partial charge in [-0.15, -0.1) is 0 Å². The van der Waals surface area contributed by atoms with Crippen molar-refractivity contribution in [3.8, 4) is 11.5 Å². The van der Waals surface area contributed by atoms with E-state index in [1.54, 1.807) is 42.5 Å². The van der Waals surface area contributed by atoms with Gasteiger partial charge in [0.2, 0.25) is 0 Å². The van der Waals surface area contributed by atoms with Gasteiger partial charge in [-0.25, -0.2) is 0 Å². The van der Waals surface area contributed by atoms with Crippen LogP contribution in [0.25, 0.3) is 0 Å². The van der Waals surface area contributed by atoms with Crippen molar-refractivity contribution in [3.63, 3.8) is 0 Å². The van der Waals surface area contributed by atoms with Crippen LogP contribution in [0.2, 0.25) is 0 Å². The summed E-state index contributed by atoms with van der Waals surface area (Å²) in [6.45, 7) is 8.12. The van der Waals surface area contributed by atoms with Crippen LogP contribution in [-0.4, -0.2) is 27.3 Å². The Bertz CT molecular complexity index is 840. The average Bonchev–Trinajstić information content (AvgIpc) is 2.55. The predicted molar refractivity (Wildman–Crippen MR) is 99.3 cm³/mol. The zero-order valence-corrected chi connectivity index (χ0v) is 15.7. The van der Waals surface area contributed by atoms with Crippen molar-refractivity contribution in [2.24, 2.45) is 4.40 Å². The lowest BCUT2D eigenvalue weighted by atomic mass is 10.2. The molecule has 2 aromatic rings. The molecule has 0 N–H and O–H groups in total. The second-order valence-electron chi connectivity index (χ2n) is 5.83. The third-order valence-corrected chi connectivity index (χ3v) is 4.54. The molecular weight excluding hydrogens is 338 g/mol. The van der Waals surface area contributed by atoms with Crippen molar-refractivity contribution in [3.05, 3.63) is 53.6 Å². The molecule has 2 rings (SSSR count). The highest BCUT2D eigenvalue weighted by Gasteiger charge is 2.12. The number of sulfonamides is 1. The van der Waals surface area contributed by atoms with Crippen LogP contribution in [0.3, 0.4) is 0 Å². The van der Waals surface area contributed by atoms with Crippen molar-refractivity contribution in [1.29, 1.82) is 0 Å². The molecule has 0 unspecified atom stereocenters. The van der Waals surface area contributed by atoms with Gasteiger partial charge in [0.15, 0.2) is 11.5 Å². The second kappa shape index (κ2) is 8.16. The predicted octanol–water partition coefficient (Wildman–Crippen LogP) is 3.99. The molecule has 0 radical (unpaired) electrons. The standard InChI is InChI=1S/C19H23NO4S/c1-5-23-19-12-16(8-11-18(19)24-14(2)3)13-20-25(21,22)17-9-6-15(4)7-10-17/h6-14H,5H2,1-4H3/b20-13-. The third-order valence-electron chi connectivity index (χ3n) is 3.29. The third kappa shape index (κ3) is 5.32. The normalized spacial score (nSPS) is 11.9. The molecule has 134 valence electrons. The molecule has 0 aromatic heterocycles. The van der Waals surface area contributed by atoms with E-state index >= 15 is 0 Å². The molecule has 0 atom stereocenters. The van der Waals surface area contributed by atoms with Crippen LogP contribution in [-0.2, 0) is 10.0 Å². The molecule has 0 saturated carbocycles. The Morgan fingerprint density at radius 1 is 1.08 bits per heavy atom. The van der Waals surface area contributed by atoms with Crippen molar-refractivity contribution < 1.29 is 17.9 Å². The Balaban J connectivity index is 2.27. The number of nitrogens with zero attached hydrogens (tertiary/aromatic N) is 1. The Labute approximate surface area is 149 Å². The van der Waals surface area contributed by atoms with Crippen molar-refractivity contribution in [2.45, 2.75) is 38.7 Å². The number of aryl methyl sites for hydroxylation is 1. The monoisotopic (exact) mass is 361 g/mol. The summed E-state index contributed by atoms with van der Waals surface area (Å²) in [7, 11) is -3.73. The van der Waals surface area contributed by atoms with Gasteiger partial charge >= 0.3 is 0 Å². The van der Waals surface area contributed by atoms with Gasteiger partial charge < -0.3 is 9.47 Å². The summed E-state index contributed by atoms with van der Waals surface area (Å²) < 4.78 is 39.6. The van der Waals surface area contributed by atoms with E-state index in [9.17, 15) is 8.42 Å². The van der Waals surface area contributed by atoms with E-state index in [2.05, 4.69) is 4.40 Å². The zero-order chi connectivity index (χ0) is 18.4. The molecule has 0 saturated heterocycles. The molecule has 0 aliphatic heterocycles. The molecule has 0 spiro atoms. The Hall–Kier alpha value is -2.34. The molecule has 0 aliphatic rings. The van der Waals surface area contributed by atoms with Crippen LogP contribution >= 0.6 is 0 Å². The Morgan fingerprint density at radius 2 is 1.76 bits per heavy atom. The highest BCUT2D eigenvalue weighted by molar-refractivity contribution is 7.90. The van der Waals surface area contributed by atoms with Gasteiger partial charge in [0.05, 0.1) is 17.6 Å². The lowest BCUT2D eigenvalue weighted by Crippen LogP contribution is -2.07. The maximum Gasteiger partial charge on any atom is 0.282 e. The minimum Gasteiger partial charge on any atom is -0.490 e. The van der Waals surface area contributed by atoms with E-state index in [4.69, 9.17) is 9.47 Å². The summed E-state index contributed by atoms with van der Waals surface area (Å²) in [6, 6.07) is 11.8. The van der Waals surface area contributed by atoms with E-state index in [0.717, 1.165) is 5.56 Å². The van der Waals surface area contributed by atoms with Crippen LogP contribution in [0.15, 0.2) is 51.8 Å². The fourth-order valence-corrected chi connectivity index (χ4v) is 2.99. The Morgan fingerprint density at radius 3 is 2.36 bits per heavy atom. The van der Waals surface area contributed by atoms with E-state index in [1.807, 2.05) is 27.7 Å². The topological polar surface area (TPSA) is 65.0 Å². The van der Waals surface area contributed by atoms with Crippen molar-refractivity contribution >= 4 is 16.2 Å². The van der Waals surface area contributed by atoms with Crippen LogP contribution in [0.5, 0.6) is 11.5 Å². The fourth-order valence-electron chi connectivity index (χ4n) is 2.13. The number of hydrogen-bond acceptors (Lipinski definition) is 4. The maximum absolute atomic E-state index is 12.3. The number of benzene rings is 2. The van der Waals surface area contributed by atoms with E-state index < -0.39 is 10.0 Å². The highest BCUT2D eigenvalue weighted by Crippen LogP contribution is 2.29. The molecule has 0 aliphatic carbocycles. The van der Waals surface area contributed by atoms with Crippen LogP contribution in [0.1, 0.15) is 31.9 Å². The first kappa shape index (κ1) is 19.0. The van der Waals surface area contributed by atoms with Gasteiger partial charge in [0.1, 0.15) is 0 Å². The quantitative estimate of drug-likeness (QED) is 0.700. The lowest BCUT2D eigenvalue weighted by molar-refractivity contribution is 0.224. The van der Waals surface area contributed by atoms with E-state index in [1.165, 1.54) is 6.21 Å². The molecule has 2 aromatic carbocycles. The van der Waals surface area contributed by atoms with Crippen molar-refractivity contribution in [1.82, 2.24) is 0 Å². The lowest BCUT2D eigenvalue weighted by Gasteiger charge is -2.14. The number of hydrogen-bond donors (Lipinski definition) is 0. The summed E-state index contributed by atoms with van der Waals surface area (Å²) in [5, 5.41) is 0. The number of ether oxygens (including phenoxy) is 2. The summed E-state index contributed by atoms with van der Waals surface area (Å²) >= 11 is 0. The van der Waals surface area contributed by atoms with Gasteiger partial charge in [0.25, 0.3) is 10.0 Å². The highest BCUT2D eigenvalue weighted by atomic mass is 32.2. The zero-order valence-electron chi connectivity index (χ0n) is 14.9. The van der Waals surface area contributed by atoms with Gasteiger partial charge in [-0.3, -0.25) is 0 Å². The molecular formula is C19H23NO4S. The summed E-state index contributed by atoms with van der Waals surface area (Å²) in [5.41, 5.74) is 1.61. The minimum atomic E-state index is -3.73. The number of rotatable bonds is 7. The molecule has 5 nitrogen and oxygen atoms in total. The van der Waals surface area contributed by atoms with Gasteiger partial charge in [-0.1, -0.05) is 17.7 Å². The molecule has 0 fully saturated rings. The average molecular weight is 361 g/mol. The Kier molecular flexibility index (Phi) is 6.20. The molecule has 25 heavy (non-hydrogen) atoms. The second-order valence-corrected chi connectivity index (χ2v) is 7.46. The summed E-state index contributed by atoms with van der Waals surface area (Å²) in [5.74, 6) is 1.18. The minimum absolute atomic E-state index is 0.0145. The summed E-state index contributed by atoms with van der Waals surface area (Å²) in [6.07, 6.45) is 1.33. The first-order valence-corrected chi connectivity index (χ1v) is 9.56. The summed E-state index contributed by atoms with van der Waals surface area (Å²) in [4.78, 5) is 0.166. The maximum atomic E-state index is 12.3. The van der Waals surface area contributed by atoms with Crippen LogP contribution < -0.4 is 9.47 Å². The van der Waals surface area contributed by atoms with E-state index in [-0.39, 0.29) is 11.0 Å². The van der Waals surface area contributed by atoms with E-state index in [0.29, 0.717) is 23.7 Å². The molecule has 6 heteroatoms. The van der Waals surface area contributed by atoms with Gasteiger partial charge in [-0.05, 0) is 63.6 Å². The first-order chi connectivity index (χ1) is 11.8. The van der Waals surface area contributed by atoms with Crippen LogP contribution in [0.4, 0.5) is 0 Å². The smallest absolute Gasteiger partial charge is 0.282 e.